The summed E-state index contributed by atoms with van der Waals surface area (Å²) in [6.07, 6.45) is 10.1. The van der Waals surface area contributed by atoms with Crippen molar-refractivity contribution in [2.75, 3.05) is 0 Å². The number of hydrogen-bond donors (Lipinski definition) is 0. The van der Waals surface area contributed by atoms with Crippen molar-refractivity contribution in [3.05, 3.63) is 197 Å². The molecule has 9 rings (SSSR count). The zero-order chi connectivity index (χ0) is 37.1. The molecule has 0 aliphatic heterocycles. The Labute approximate surface area is 314 Å². The van der Waals surface area contributed by atoms with Crippen molar-refractivity contribution >= 4 is 28.5 Å². The van der Waals surface area contributed by atoms with Crippen LogP contribution >= 0.6 is 11.6 Å². The Morgan fingerprint density at radius 2 is 0.870 bits per heavy atom. The predicted molar refractivity (Wildman–Crippen MR) is 206 cm³/mol. The number of aryl methyl sites for hydroxylation is 1. The molecule has 6 aromatic heterocycles. The molecule has 0 fully saturated rings. The van der Waals surface area contributed by atoms with Crippen LogP contribution in [-0.2, 0) is 0 Å². The van der Waals surface area contributed by atoms with Crippen LogP contribution in [0.25, 0.3) is 16.9 Å². The minimum absolute atomic E-state index is 0.284. The minimum Gasteiger partial charge on any atom is -0.220 e. The van der Waals surface area contributed by atoms with E-state index < -0.39 is 0 Å². The second kappa shape index (κ2) is 16.6. The van der Waals surface area contributed by atoms with Crippen LogP contribution in [0.3, 0.4) is 0 Å². The van der Waals surface area contributed by atoms with Crippen LogP contribution in [0.1, 0.15) is 38.9 Å². The van der Waals surface area contributed by atoms with Crippen LogP contribution in [-0.4, -0.2) is 43.8 Å². The zero-order valence-corrected chi connectivity index (χ0v) is 29.4. The van der Waals surface area contributed by atoms with E-state index >= 15 is 0 Å². The molecule has 54 heavy (non-hydrogen) atoms. The number of halogens is 2. The van der Waals surface area contributed by atoms with E-state index in [4.69, 9.17) is 11.6 Å². The molecule has 0 bridgehead atoms. The van der Waals surface area contributed by atoms with Gasteiger partial charge in [0, 0.05) is 57.0 Å². The highest BCUT2D eigenvalue weighted by molar-refractivity contribution is 6.30. The van der Waals surface area contributed by atoms with Gasteiger partial charge in [-0.05, 0) is 103 Å². The Balaban J connectivity index is 0.000000125. The second-order valence-electron chi connectivity index (χ2n) is 11.6. The van der Waals surface area contributed by atoms with Crippen molar-refractivity contribution in [2.24, 2.45) is 0 Å². The quantitative estimate of drug-likeness (QED) is 0.151. The molecule has 0 aliphatic rings. The van der Waals surface area contributed by atoms with E-state index in [1.807, 2.05) is 85.2 Å². The predicted octanol–water partition coefficient (Wildman–Crippen LogP) is 7.49. The molecule has 0 spiro atoms. The number of benzene rings is 3. The standard InChI is InChI=1S/C15H11N3.C14H8ClN3.C14H8FN3/c1-12-3-2-4-13(9-12)5-6-14-7-8-15-16-11-17-18(15)10-14;15-13-6-3-11(4-7-13)1-2-12-5-8-14-16-10-17-18(14)9-12;15-13-3-1-2-11(8-13)4-5-12-6-7-14-16-10-17-18(14)9-12/h2-4,7-11H,1H3;3-10H;1-3,6-10H. The van der Waals surface area contributed by atoms with Crippen LogP contribution in [0.4, 0.5) is 4.39 Å². The summed E-state index contributed by atoms with van der Waals surface area (Å²) in [4.78, 5) is 12.2. The lowest BCUT2D eigenvalue weighted by molar-refractivity contribution is 0.627. The van der Waals surface area contributed by atoms with Gasteiger partial charge >= 0.3 is 0 Å². The summed E-state index contributed by atoms with van der Waals surface area (Å²) < 4.78 is 18.0. The van der Waals surface area contributed by atoms with E-state index in [9.17, 15) is 4.39 Å². The number of hydrogen-bond acceptors (Lipinski definition) is 6. The average Bonchev–Trinajstić information content (AvgIpc) is 3.98. The van der Waals surface area contributed by atoms with Crippen LogP contribution in [0.15, 0.2) is 147 Å². The molecular weight excluding hydrogens is 697 g/mol. The summed E-state index contributed by atoms with van der Waals surface area (Å²) in [6, 6.07) is 33.2. The zero-order valence-electron chi connectivity index (χ0n) is 28.6. The van der Waals surface area contributed by atoms with Gasteiger partial charge in [-0.3, -0.25) is 0 Å². The molecule has 6 heterocycles. The first kappa shape index (κ1) is 34.9. The summed E-state index contributed by atoms with van der Waals surface area (Å²) >= 11 is 5.81. The van der Waals surface area contributed by atoms with Crippen molar-refractivity contribution < 1.29 is 4.39 Å². The molecule has 258 valence electrons. The van der Waals surface area contributed by atoms with E-state index in [0.29, 0.717) is 10.6 Å². The topological polar surface area (TPSA) is 90.6 Å². The molecule has 0 aliphatic carbocycles. The Morgan fingerprint density at radius 1 is 0.463 bits per heavy atom. The van der Waals surface area contributed by atoms with Crippen LogP contribution < -0.4 is 0 Å². The van der Waals surface area contributed by atoms with Gasteiger partial charge in [0.15, 0.2) is 16.9 Å². The maximum Gasteiger partial charge on any atom is 0.155 e. The van der Waals surface area contributed by atoms with Gasteiger partial charge in [-0.1, -0.05) is 65.3 Å². The molecule has 9 nitrogen and oxygen atoms in total. The first-order valence-electron chi connectivity index (χ1n) is 16.5. The fourth-order valence-electron chi connectivity index (χ4n) is 4.93. The van der Waals surface area contributed by atoms with Gasteiger partial charge in [-0.15, -0.1) is 0 Å². The maximum atomic E-state index is 13.0. The van der Waals surface area contributed by atoms with Gasteiger partial charge in [0.2, 0.25) is 0 Å². The number of fused-ring (bicyclic) bond motifs is 3. The molecule has 9 aromatic rings. The lowest BCUT2D eigenvalue weighted by atomic mass is 10.1. The average molecular weight is 724 g/mol. The number of nitrogens with zero attached hydrogens (tertiary/aromatic N) is 9. The minimum atomic E-state index is -0.284. The normalized spacial score (nSPS) is 10.1. The molecule has 0 unspecified atom stereocenters. The summed E-state index contributed by atoms with van der Waals surface area (Å²) in [7, 11) is 0. The molecule has 0 amide bonds. The fraction of sp³-hybridized carbons (Fsp3) is 0.0233. The Hall–Kier alpha value is -7.58. The van der Waals surface area contributed by atoms with Gasteiger partial charge in [0.25, 0.3) is 0 Å². The van der Waals surface area contributed by atoms with Gasteiger partial charge in [0.1, 0.15) is 24.8 Å². The van der Waals surface area contributed by atoms with Gasteiger partial charge in [-0.2, -0.15) is 15.3 Å². The molecule has 0 saturated carbocycles. The van der Waals surface area contributed by atoms with Gasteiger partial charge in [0.05, 0.1) is 0 Å². The van der Waals surface area contributed by atoms with Crippen molar-refractivity contribution in [2.45, 2.75) is 6.92 Å². The van der Waals surface area contributed by atoms with E-state index in [1.165, 1.54) is 36.7 Å². The highest BCUT2D eigenvalue weighted by atomic mass is 35.5. The molecule has 0 saturated heterocycles. The molecule has 0 atom stereocenters. The molecule has 0 radical (unpaired) electrons. The Kier molecular flexibility index (Phi) is 10.7. The van der Waals surface area contributed by atoms with Crippen LogP contribution in [0.5, 0.6) is 0 Å². The summed E-state index contributed by atoms with van der Waals surface area (Å²) in [5, 5.41) is 12.9. The lowest BCUT2D eigenvalue weighted by Crippen LogP contribution is -1.88. The van der Waals surface area contributed by atoms with Crippen molar-refractivity contribution in [3.63, 3.8) is 0 Å². The highest BCUT2D eigenvalue weighted by Gasteiger charge is 1.98. The third-order valence-electron chi connectivity index (χ3n) is 7.56. The summed E-state index contributed by atoms with van der Waals surface area (Å²) in [5.41, 5.74) is 8.85. The largest absolute Gasteiger partial charge is 0.220 e. The molecule has 11 heteroatoms. The molecular formula is C43H27ClFN9. The van der Waals surface area contributed by atoms with Crippen molar-refractivity contribution in [3.8, 4) is 35.5 Å². The van der Waals surface area contributed by atoms with E-state index in [0.717, 1.165) is 44.8 Å². The maximum absolute atomic E-state index is 13.0. The Bertz CT molecular complexity index is 2780. The summed E-state index contributed by atoms with van der Waals surface area (Å²) in [6.45, 7) is 2.06. The second-order valence-corrected chi connectivity index (χ2v) is 12.0. The van der Waals surface area contributed by atoms with Crippen molar-refractivity contribution in [1.82, 2.24) is 43.8 Å². The third kappa shape index (κ3) is 9.39. The molecule has 3 aromatic carbocycles. The number of pyridine rings is 3. The highest BCUT2D eigenvalue weighted by Crippen LogP contribution is 2.10. The van der Waals surface area contributed by atoms with E-state index in [-0.39, 0.29) is 5.82 Å². The van der Waals surface area contributed by atoms with E-state index in [1.54, 1.807) is 31.9 Å². The van der Waals surface area contributed by atoms with Crippen LogP contribution in [0.2, 0.25) is 5.02 Å². The van der Waals surface area contributed by atoms with E-state index in [2.05, 4.69) is 84.8 Å². The SMILES string of the molecule is Cc1cccc(C#Cc2ccc3ncnn3c2)c1.Clc1ccc(C#Cc2ccc3ncnn3c2)cc1.Fc1cccc(C#Cc2ccc3ncnn3c2)c1. The summed E-state index contributed by atoms with van der Waals surface area (Å²) in [5.74, 6) is 18.0. The smallest absolute Gasteiger partial charge is 0.155 e. The first-order chi connectivity index (χ1) is 26.4. The molecule has 0 N–H and O–H groups in total. The van der Waals surface area contributed by atoms with Crippen molar-refractivity contribution in [1.29, 1.82) is 0 Å². The monoisotopic (exact) mass is 723 g/mol. The fourth-order valence-corrected chi connectivity index (χ4v) is 5.05. The Morgan fingerprint density at radius 3 is 1.33 bits per heavy atom. The number of aromatic nitrogens is 9. The number of rotatable bonds is 0. The van der Waals surface area contributed by atoms with Crippen LogP contribution in [0, 0.1) is 48.3 Å². The lowest BCUT2D eigenvalue weighted by Gasteiger charge is -1.94. The van der Waals surface area contributed by atoms with Gasteiger partial charge in [-0.25, -0.2) is 32.9 Å². The first-order valence-corrected chi connectivity index (χ1v) is 16.8. The third-order valence-corrected chi connectivity index (χ3v) is 7.81. The van der Waals surface area contributed by atoms with Gasteiger partial charge < -0.3 is 0 Å².